The molecule has 0 aromatic carbocycles. The van der Waals surface area contributed by atoms with Crippen molar-refractivity contribution in [3.63, 3.8) is 0 Å². The molecule has 136 valence electrons. The molecule has 0 aliphatic carbocycles. The predicted molar refractivity (Wildman–Crippen MR) is 107 cm³/mol. The zero-order chi connectivity index (χ0) is 19.0. The van der Waals surface area contributed by atoms with Crippen LogP contribution in [0.25, 0.3) is 22.2 Å². The number of fused-ring (bicyclic) bond motifs is 1. The van der Waals surface area contributed by atoms with Crippen LogP contribution in [0.5, 0.6) is 5.88 Å². The molecule has 4 heterocycles. The SMILES string of the molecule is COc1nn(C)cc1-c1cnc2cc[c]([Sn][c]3nnc(C(C)C)s3)nc2c1. The van der Waals surface area contributed by atoms with Gasteiger partial charge in [-0.05, 0) is 0 Å². The average Bonchev–Trinajstić information content (AvgIpc) is 3.27. The van der Waals surface area contributed by atoms with E-state index in [1.165, 1.54) is 0 Å². The Morgan fingerprint density at radius 2 is 2.04 bits per heavy atom. The molecule has 0 spiro atoms. The van der Waals surface area contributed by atoms with E-state index in [4.69, 9.17) is 9.72 Å². The van der Waals surface area contributed by atoms with Crippen LogP contribution in [-0.2, 0) is 7.05 Å². The van der Waals surface area contributed by atoms with Gasteiger partial charge in [0.05, 0.1) is 0 Å². The summed E-state index contributed by atoms with van der Waals surface area (Å²) < 4.78 is 9.37. The van der Waals surface area contributed by atoms with E-state index in [0.29, 0.717) is 11.8 Å². The summed E-state index contributed by atoms with van der Waals surface area (Å²) >= 11 is 0.649. The van der Waals surface area contributed by atoms with Crippen LogP contribution < -0.4 is 11.5 Å². The Kier molecular flexibility index (Phi) is 5.09. The van der Waals surface area contributed by atoms with Crippen LogP contribution in [0.4, 0.5) is 0 Å². The number of ether oxygens (including phenoxy) is 1. The van der Waals surface area contributed by atoms with Gasteiger partial charge in [0.2, 0.25) is 0 Å². The third kappa shape index (κ3) is 3.81. The summed E-state index contributed by atoms with van der Waals surface area (Å²) in [6.45, 7) is 4.28. The number of rotatable bonds is 5. The molecular weight excluding hydrogens is 467 g/mol. The van der Waals surface area contributed by atoms with E-state index in [1.54, 1.807) is 23.1 Å². The van der Waals surface area contributed by atoms with Crippen molar-refractivity contribution in [1.29, 1.82) is 0 Å². The van der Waals surface area contributed by atoms with Crippen molar-refractivity contribution in [2.75, 3.05) is 7.11 Å². The summed E-state index contributed by atoms with van der Waals surface area (Å²) in [7, 11) is 3.49. The van der Waals surface area contributed by atoms with Crippen molar-refractivity contribution in [3.8, 4) is 17.0 Å². The molecule has 2 radical (unpaired) electrons. The molecule has 4 aromatic rings. The molecule has 4 aromatic heterocycles. The summed E-state index contributed by atoms with van der Waals surface area (Å²) in [5.41, 5.74) is 3.61. The Hall–Kier alpha value is -2.07. The van der Waals surface area contributed by atoms with Crippen LogP contribution in [0.1, 0.15) is 24.8 Å². The summed E-state index contributed by atoms with van der Waals surface area (Å²) in [6, 6.07) is 6.15. The molecule has 0 bridgehead atoms. The molecule has 0 atom stereocenters. The molecule has 0 aliphatic rings. The number of pyridine rings is 2. The molecule has 9 heteroatoms. The van der Waals surface area contributed by atoms with E-state index >= 15 is 0 Å². The molecule has 0 fully saturated rings. The van der Waals surface area contributed by atoms with Crippen LogP contribution in [0.3, 0.4) is 0 Å². The van der Waals surface area contributed by atoms with E-state index in [1.807, 2.05) is 31.6 Å². The molecular formula is C18H18N6OSSn. The molecule has 27 heavy (non-hydrogen) atoms. The maximum atomic E-state index is 5.37. The minimum atomic E-state index is -1.07. The van der Waals surface area contributed by atoms with Crippen LogP contribution in [-0.4, -0.2) is 58.2 Å². The predicted octanol–water partition coefficient (Wildman–Crippen LogP) is 1.67. The van der Waals surface area contributed by atoms with Gasteiger partial charge in [-0.2, -0.15) is 0 Å². The van der Waals surface area contributed by atoms with E-state index in [9.17, 15) is 0 Å². The normalized spacial score (nSPS) is 11.4. The summed E-state index contributed by atoms with van der Waals surface area (Å²) in [4.78, 5) is 9.41. The Morgan fingerprint density at radius 1 is 1.19 bits per heavy atom. The van der Waals surface area contributed by atoms with Gasteiger partial charge < -0.3 is 0 Å². The van der Waals surface area contributed by atoms with Crippen molar-refractivity contribution in [2.24, 2.45) is 7.05 Å². The first-order valence-electron chi connectivity index (χ1n) is 8.48. The van der Waals surface area contributed by atoms with E-state index < -0.39 is 21.1 Å². The standard InChI is InChI=1S/C13H11N4O.C5H7N2S.Sn/c1-17-8-10(13(16-17)18-2)9-6-12-11(15-7-9)4-3-5-14-12;1-4(2)5-7-6-3-8-5;/h3-4,6-8H,1-2H3;4H,1-2H3;. The van der Waals surface area contributed by atoms with Gasteiger partial charge in [0.25, 0.3) is 0 Å². The molecule has 0 saturated heterocycles. The van der Waals surface area contributed by atoms with Crippen molar-refractivity contribution in [2.45, 2.75) is 19.8 Å². The fourth-order valence-corrected chi connectivity index (χ4v) is 7.24. The molecule has 0 N–H and O–H groups in total. The zero-order valence-corrected chi connectivity index (χ0v) is 19.1. The number of methoxy groups -OCH3 is 1. The number of aryl methyl sites for hydroxylation is 1. The summed E-state index contributed by atoms with van der Waals surface area (Å²) in [5.74, 6) is 1.00. The monoisotopic (exact) mass is 486 g/mol. The molecule has 0 aliphatic heterocycles. The van der Waals surface area contributed by atoms with Gasteiger partial charge in [-0.25, -0.2) is 0 Å². The van der Waals surface area contributed by atoms with Crippen molar-refractivity contribution in [3.05, 3.63) is 35.6 Å². The van der Waals surface area contributed by atoms with Crippen LogP contribution in [0.2, 0.25) is 0 Å². The first-order valence-corrected chi connectivity index (χ1v) is 12.2. The number of nitrogens with zero attached hydrogens (tertiary/aromatic N) is 6. The first-order chi connectivity index (χ1) is 13.0. The Bertz CT molecular complexity index is 1110. The fraction of sp³-hybridized carbons (Fsp3) is 0.278. The zero-order valence-electron chi connectivity index (χ0n) is 15.5. The molecule has 0 unspecified atom stereocenters. The summed E-state index contributed by atoms with van der Waals surface area (Å²) in [6.07, 6.45) is 3.76. The fourth-order valence-electron chi connectivity index (χ4n) is 2.67. The second kappa shape index (κ2) is 7.51. The van der Waals surface area contributed by atoms with Gasteiger partial charge in [0, 0.05) is 0 Å². The minimum absolute atomic E-state index is 0.418. The van der Waals surface area contributed by atoms with Gasteiger partial charge >= 0.3 is 171 Å². The van der Waals surface area contributed by atoms with E-state index in [2.05, 4.69) is 40.2 Å². The Morgan fingerprint density at radius 3 is 2.78 bits per heavy atom. The molecule has 0 amide bonds. The molecule has 0 saturated carbocycles. The van der Waals surface area contributed by atoms with Crippen molar-refractivity contribution in [1.82, 2.24) is 29.9 Å². The number of hydrogen-bond acceptors (Lipinski definition) is 7. The van der Waals surface area contributed by atoms with Crippen LogP contribution in [0, 0.1) is 0 Å². The van der Waals surface area contributed by atoms with E-state index in [-0.39, 0.29) is 0 Å². The van der Waals surface area contributed by atoms with Gasteiger partial charge in [-0.1, -0.05) is 0 Å². The molecule has 4 rings (SSSR count). The first kappa shape index (κ1) is 18.3. The summed E-state index contributed by atoms with van der Waals surface area (Å²) in [5, 5.41) is 14.1. The third-order valence-corrected chi connectivity index (χ3v) is 9.02. The van der Waals surface area contributed by atoms with Gasteiger partial charge in [-0.3, -0.25) is 0 Å². The van der Waals surface area contributed by atoms with Crippen LogP contribution >= 0.6 is 11.3 Å². The quantitative estimate of drug-likeness (QED) is 0.401. The van der Waals surface area contributed by atoms with Gasteiger partial charge in [-0.15, -0.1) is 0 Å². The van der Waals surface area contributed by atoms with E-state index in [0.717, 1.165) is 33.9 Å². The average molecular weight is 485 g/mol. The number of hydrogen-bond donors (Lipinski definition) is 0. The second-order valence-corrected chi connectivity index (χ2v) is 12.0. The van der Waals surface area contributed by atoms with Crippen molar-refractivity contribution < 1.29 is 4.74 Å². The molecule has 7 nitrogen and oxygen atoms in total. The Balaban J connectivity index is 1.68. The van der Waals surface area contributed by atoms with Gasteiger partial charge in [0.1, 0.15) is 0 Å². The van der Waals surface area contributed by atoms with Gasteiger partial charge in [0.15, 0.2) is 0 Å². The maximum absolute atomic E-state index is 5.37. The topological polar surface area (TPSA) is 78.6 Å². The third-order valence-electron chi connectivity index (χ3n) is 4.01. The number of aromatic nitrogens is 6. The van der Waals surface area contributed by atoms with Crippen LogP contribution in [0.15, 0.2) is 30.6 Å². The van der Waals surface area contributed by atoms with Crippen molar-refractivity contribution >= 4 is 50.2 Å². The Labute approximate surface area is 171 Å². The second-order valence-electron chi connectivity index (χ2n) is 6.41.